The molecular weight excluding hydrogens is 202 g/mol. The van der Waals surface area contributed by atoms with Gasteiger partial charge in [-0.3, -0.25) is 0 Å². The average molecular weight is 221 g/mol. The van der Waals surface area contributed by atoms with E-state index in [1.807, 2.05) is 12.4 Å². The molecule has 0 saturated carbocycles. The number of anilines is 1. The van der Waals surface area contributed by atoms with Crippen molar-refractivity contribution in [2.24, 2.45) is 0 Å². The van der Waals surface area contributed by atoms with E-state index in [0.717, 1.165) is 25.3 Å². The first-order valence-corrected chi connectivity index (χ1v) is 6.27. The first-order valence-electron chi connectivity index (χ1n) is 6.27. The average Bonchev–Trinajstić information content (AvgIpc) is 2.81. The minimum atomic E-state index is -0.0983. The van der Waals surface area contributed by atoms with E-state index in [1.54, 1.807) is 0 Å². The Balaban J connectivity index is 1.91. The van der Waals surface area contributed by atoms with Crippen molar-refractivity contribution in [3.63, 3.8) is 0 Å². The quantitative estimate of drug-likeness (QED) is 0.820. The van der Waals surface area contributed by atoms with Crippen LogP contribution in [0.5, 0.6) is 0 Å². The van der Waals surface area contributed by atoms with Crippen molar-refractivity contribution in [3.05, 3.63) is 12.4 Å². The van der Waals surface area contributed by atoms with Gasteiger partial charge in [-0.05, 0) is 32.6 Å². The fourth-order valence-corrected chi connectivity index (χ4v) is 3.26. The van der Waals surface area contributed by atoms with Crippen LogP contribution in [0.15, 0.2) is 12.4 Å². The van der Waals surface area contributed by atoms with Crippen LogP contribution in [0.3, 0.4) is 0 Å². The molecule has 4 nitrogen and oxygen atoms in total. The molecule has 3 rings (SSSR count). The van der Waals surface area contributed by atoms with Crippen LogP contribution in [0, 0.1) is 0 Å². The summed E-state index contributed by atoms with van der Waals surface area (Å²) in [4.78, 5) is 6.92. The highest BCUT2D eigenvalue weighted by Crippen LogP contribution is 2.38. The number of imidazole rings is 1. The van der Waals surface area contributed by atoms with Crippen LogP contribution in [-0.4, -0.2) is 32.8 Å². The molecule has 2 saturated heterocycles. The zero-order valence-corrected chi connectivity index (χ0v) is 9.71. The Labute approximate surface area is 95.9 Å². The smallest absolute Gasteiger partial charge is 0.205 e. The Bertz CT molecular complexity index is 362. The monoisotopic (exact) mass is 221 g/mol. The zero-order valence-electron chi connectivity index (χ0n) is 9.71. The minimum Gasteiger partial charge on any atom is -0.393 e. The summed E-state index contributed by atoms with van der Waals surface area (Å²) < 4.78 is 2.20. The van der Waals surface area contributed by atoms with Gasteiger partial charge in [0.2, 0.25) is 5.95 Å². The van der Waals surface area contributed by atoms with Gasteiger partial charge in [-0.15, -0.1) is 0 Å². The Kier molecular flexibility index (Phi) is 2.39. The van der Waals surface area contributed by atoms with Crippen LogP contribution < -0.4 is 4.90 Å². The summed E-state index contributed by atoms with van der Waals surface area (Å²) >= 11 is 0. The molecule has 2 bridgehead atoms. The van der Waals surface area contributed by atoms with Gasteiger partial charge in [-0.2, -0.15) is 0 Å². The molecule has 1 N–H and O–H groups in total. The Hall–Kier alpha value is -1.03. The van der Waals surface area contributed by atoms with Crippen molar-refractivity contribution in [3.8, 4) is 0 Å². The minimum absolute atomic E-state index is 0.0983. The predicted octanol–water partition coefficient (Wildman–Crippen LogP) is 1.40. The summed E-state index contributed by atoms with van der Waals surface area (Å²) in [5.41, 5.74) is 0. The van der Waals surface area contributed by atoms with Crippen molar-refractivity contribution in [1.29, 1.82) is 0 Å². The molecule has 0 radical (unpaired) electrons. The second-order valence-corrected chi connectivity index (χ2v) is 4.93. The molecule has 0 spiro atoms. The first-order chi connectivity index (χ1) is 7.79. The third-order valence-electron chi connectivity index (χ3n) is 3.97. The molecule has 2 aliphatic heterocycles. The van der Waals surface area contributed by atoms with Crippen LogP contribution in [0.25, 0.3) is 0 Å². The zero-order chi connectivity index (χ0) is 11.1. The summed E-state index contributed by atoms with van der Waals surface area (Å²) in [6.07, 6.45) is 8.05. The molecule has 1 aromatic rings. The Morgan fingerprint density at radius 2 is 2.06 bits per heavy atom. The number of hydrogen-bond acceptors (Lipinski definition) is 3. The van der Waals surface area contributed by atoms with Crippen LogP contribution in [0.2, 0.25) is 0 Å². The number of piperidine rings is 1. The normalized spacial score (nSPS) is 33.4. The van der Waals surface area contributed by atoms with E-state index in [0.29, 0.717) is 12.1 Å². The second kappa shape index (κ2) is 3.77. The van der Waals surface area contributed by atoms with Crippen molar-refractivity contribution >= 4 is 5.95 Å². The predicted molar refractivity (Wildman–Crippen MR) is 62.4 cm³/mol. The van der Waals surface area contributed by atoms with Gasteiger partial charge in [0.15, 0.2) is 0 Å². The summed E-state index contributed by atoms with van der Waals surface area (Å²) in [5, 5.41) is 9.78. The van der Waals surface area contributed by atoms with Gasteiger partial charge in [-0.1, -0.05) is 0 Å². The number of hydrogen-bond donors (Lipinski definition) is 1. The fraction of sp³-hybridized carbons (Fsp3) is 0.750. The molecule has 0 amide bonds. The summed E-state index contributed by atoms with van der Waals surface area (Å²) in [6, 6.07) is 1.00. The molecule has 2 fully saturated rings. The number of fused-ring (bicyclic) bond motifs is 2. The molecular formula is C12H19N3O. The third-order valence-corrected chi connectivity index (χ3v) is 3.97. The molecule has 0 aromatic carbocycles. The largest absolute Gasteiger partial charge is 0.393 e. The molecule has 2 aliphatic rings. The van der Waals surface area contributed by atoms with Crippen LogP contribution in [0.1, 0.15) is 32.6 Å². The van der Waals surface area contributed by atoms with Crippen molar-refractivity contribution < 1.29 is 5.11 Å². The first kappa shape index (κ1) is 10.1. The van der Waals surface area contributed by atoms with Gasteiger partial charge < -0.3 is 14.6 Å². The maximum absolute atomic E-state index is 9.78. The molecule has 4 heteroatoms. The van der Waals surface area contributed by atoms with Crippen molar-refractivity contribution in [2.75, 3.05) is 4.90 Å². The number of nitrogens with zero attached hydrogens (tertiary/aromatic N) is 3. The maximum atomic E-state index is 9.78. The van der Waals surface area contributed by atoms with E-state index in [-0.39, 0.29) is 6.10 Å². The maximum Gasteiger partial charge on any atom is 0.205 e. The third kappa shape index (κ3) is 1.44. The van der Waals surface area contributed by atoms with Gasteiger partial charge in [0.1, 0.15) is 0 Å². The van der Waals surface area contributed by atoms with Gasteiger partial charge in [0, 0.05) is 31.0 Å². The summed E-state index contributed by atoms with van der Waals surface area (Å²) in [7, 11) is 0. The lowest BCUT2D eigenvalue weighted by molar-refractivity contribution is 0.125. The van der Waals surface area contributed by atoms with E-state index in [1.165, 1.54) is 12.8 Å². The van der Waals surface area contributed by atoms with Crippen molar-refractivity contribution in [2.45, 2.75) is 57.3 Å². The number of aliphatic hydroxyl groups excluding tert-OH is 1. The summed E-state index contributed by atoms with van der Waals surface area (Å²) in [5.74, 6) is 1.10. The molecule has 3 heterocycles. The molecule has 1 aromatic heterocycles. The Morgan fingerprint density at radius 3 is 2.69 bits per heavy atom. The van der Waals surface area contributed by atoms with Gasteiger partial charge in [0.05, 0.1) is 6.10 Å². The standard InChI is InChI=1S/C12H19N3O/c1-2-14-6-5-13-12(14)15-9-3-4-10(15)8-11(16)7-9/h5-6,9-11,16H,2-4,7-8H2,1H3. The van der Waals surface area contributed by atoms with E-state index >= 15 is 0 Å². The van der Waals surface area contributed by atoms with Crippen LogP contribution >= 0.6 is 0 Å². The topological polar surface area (TPSA) is 41.3 Å². The second-order valence-electron chi connectivity index (χ2n) is 4.93. The molecule has 2 unspecified atom stereocenters. The lowest BCUT2D eigenvalue weighted by Crippen LogP contribution is -2.46. The van der Waals surface area contributed by atoms with E-state index in [2.05, 4.69) is 21.4 Å². The lowest BCUT2D eigenvalue weighted by atomic mass is 10.0. The lowest BCUT2D eigenvalue weighted by Gasteiger charge is -2.38. The van der Waals surface area contributed by atoms with Gasteiger partial charge >= 0.3 is 0 Å². The molecule has 88 valence electrons. The number of aryl methyl sites for hydroxylation is 1. The molecule has 2 atom stereocenters. The van der Waals surface area contributed by atoms with Crippen LogP contribution in [-0.2, 0) is 6.54 Å². The van der Waals surface area contributed by atoms with E-state index in [4.69, 9.17) is 0 Å². The van der Waals surface area contributed by atoms with Crippen molar-refractivity contribution in [1.82, 2.24) is 9.55 Å². The molecule has 0 aliphatic carbocycles. The van der Waals surface area contributed by atoms with Gasteiger partial charge in [-0.25, -0.2) is 4.98 Å². The summed E-state index contributed by atoms with van der Waals surface area (Å²) in [6.45, 7) is 3.11. The Morgan fingerprint density at radius 1 is 1.38 bits per heavy atom. The highest BCUT2D eigenvalue weighted by Gasteiger charge is 2.41. The highest BCUT2D eigenvalue weighted by molar-refractivity contribution is 5.38. The van der Waals surface area contributed by atoms with E-state index < -0.39 is 0 Å². The number of aliphatic hydroxyl groups is 1. The fourth-order valence-electron chi connectivity index (χ4n) is 3.26. The number of rotatable bonds is 2. The number of aromatic nitrogens is 2. The van der Waals surface area contributed by atoms with E-state index in [9.17, 15) is 5.11 Å². The molecule has 16 heavy (non-hydrogen) atoms. The van der Waals surface area contributed by atoms with Crippen LogP contribution in [0.4, 0.5) is 5.95 Å². The van der Waals surface area contributed by atoms with Gasteiger partial charge in [0.25, 0.3) is 0 Å². The highest BCUT2D eigenvalue weighted by atomic mass is 16.3. The SMILES string of the molecule is CCn1ccnc1N1C2CCC1CC(O)C2.